The molecule has 0 spiro atoms. The Hall–Kier alpha value is -0.800. The third-order valence-electron chi connectivity index (χ3n) is 1.52. The number of amides is 1. The van der Waals surface area contributed by atoms with E-state index in [2.05, 4.69) is 5.32 Å². The van der Waals surface area contributed by atoms with E-state index in [1.165, 1.54) is 27.8 Å². The van der Waals surface area contributed by atoms with Crippen LogP contribution in [0.25, 0.3) is 0 Å². The summed E-state index contributed by atoms with van der Waals surface area (Å²) in [7, 11) is 1.43. The lowest BCUT2D eigenvalue weighted by Crippen LogP contribution is -2.39. The fourth-order valence-corrected chi connectivity index (χ4v) is 0.371. The topological polar surface area (TPSA) is 38.3 Å². The van der Waals surface area contributed by atoms with Crippen LogP contribution in [0.5, 0.6) is 0 Å². The van der Waals surface area contributed by atoms with Crippen LogP contribution in [0.15, 0.2) is 0 Å². The molecule has 0 aromatic heterocycles. The zero-order valence-corrected chi connectivity index (χ0v) is 7.27. The summed E-state index contributed by atoms with van der Waals surface area (Å²) in [5.74, 6) is 0. The third kappa shape index (κ3) is 3.20. The van der Waals surface area contributed by atoms with Gasteiger partial charge in [-0.25, -0.2) is 9.18 Å². The summed E-state index contributed by atoms with van der Waals surface area (Å²) in [6, 6.07) is 0. The Morgan fingerprint density at radius 3 is 2.36 bits per heavy atom. The molecular formula is C7H14FNO2. The van der Waals surface area contributed by atoms with Crippen LogP contribution < -0.4 is 5.32 Å². The molecule has 0 saturated carbocycles. The molecular weight excluding hydrogens is 149 g/mol. The molecule has 11 heavy (non-hydrogen) atoms. The fraction of sp³-hybridized carbons (Fsp3) is 0.857. The summed E-state index contributed by atoms with van der Waals surface area (Å²) in [5, 5.41) is 2.25. The molecule has 66 valence electrons. The van der Waals surface area contributed by atoms with Crippen molar-refractivity contribution in [2.45, 2.75) is 32.5 Å². The van der Waals surface area contributed by atoms with Crippen LogP contribution >= 0.6 is 0 Å². The molecule has 3 nitrogen and oxygen atoms in total. The molecule has 0 fully saturated rings. The molecule has 1 N–H and O–H groups in total. The summed E-state index contributed by atoms with van der Waals surface area (Å²) in [6.07, 6.45) is -1.79. The van der Waals surface area contributed by atoms with Gasteiger partial charge in [0.1, 0.15) is 11.8 Å². The number of ether oxygens (including phenoxy) is 1. The highest BCUT2D eigenvalue weighted by molar-refractivity contribution is 5.67. The highest BCUT2D eigenvalue weighted by atomic mass is 19.1. The summed E-state index contributed by atoms with van der Waals surface area (Å²) in [5.41, 5.74) is -1.06. The summed E-state index contributed by atoms with van der Waals surface area (Å²) >= 11 is 0. The van der Waals surface area contributed by atoms with Crippen molar-refractivity contribution >= 4 is 6.09 Å². The van der Waals surface area contributed by atoms with Crippen LogP contribution in [0.2, 0.25) is 0 Å². The summed E-state index contributed by atoms with van der Waals surface area (Å²) in [4.78, 5) is 10.6. The second-order valence-corrected chi connectivity index (χ2v) is 2.86. The molecule has 0 heterocycles. The van der Waals surface area contributed by atoms with Crippen LogP contribution in [0.3, 0.4) is 0 Å². The first-order valence-corrected chi connectivity index (χ1v) is 3.45. The highest BCUT2D eigenvalue weighted by Gasteiger charge is 2.29. The predicted octanol–water partition coefficient (Wildman–Crippen LogP) is 1.48. The van der Waals surface area contributed by atoms with Crippen LogP contribution in [0.4, 0.5) is 9.18 Å². The van der Waals surface area contributed by atoms with E-state index >= 15 is 0 Å². The molecule has 4 heteroatoms. The standard InChI is InChI=1S/C7H14FNO2/c1-5(8)7(2,3)11-6(10)9-4/h5H,1-4H3,(H,9,10). The SMILES string of the molecule is CNC(=O)OC(C)(C)C(C)F. The van der Waals surface area contributed by atoms with E-state index in [9.17, 15) is 9.18 Å². The van der Waals surface area contributed by atoms with Gasteiger partial charge >= 0.3 is 6.09 Å². The molecule has 0 rings (SSSR count). The van der Waals surface area contributed by atoms with E-state index in [0.717, 1.165) is 0 Å². The van der Waals surface area contributed by atoms with Gasteiger partial charge in [0.2, 0.25) is 0 Å². The number of rotatable bonds is 2. The van der Waals surface area contributed by atoms with Crippen LogP contribution in [-0.2, 0) is 4.74 Å². The number of hydrogen-bond donors (Lipinski definition) is 1. The Kier molecular flexibility index (Phi) is 3.29. The fourth-order valence-electron chi connectivity index (χ4n) is 0.371. The third-order valence-corrected chi connectivity index (χ3v) is 1.52. The van der Waals surface area contributed by atoms with Gasteiger partial charge in [0, 0.05) is 7.05 Å². The first-order chi connectivity index (χ1) is 4.90. The second-order valence-electron chi connectivity index (χ2n) is 2.86. The number of alkyl halides is 1. The van der Waals surface area contributed by atoms with Gasteiger partial charge in [-0.15, -0.1) is 0 Å². The number of hydrogen-bond acceptors (Lipinski definition) is 2. The lowest BCUT2D eigenvalue weighted by atomic mass is 10.1. The average molecular weight is 163 g/mol. The van der Waals surface area contributed by atoms with Gasteiger partial charge in [-0.3, -0.25) is 0 Å². The van der Waals surface area contributed by atoms with Gasteiger partial charge in [0.25, 0.3) is 0 Å². The number of nitrogens with one attached hydrogen (secondary N) is 1. The zero-order chi connectivity index (χ0) is 9.07. The maximum Gasteiger partial charge on any atom is 0.407 e. The van der Waals surface area contributed by atoms with Crippen molar-refractivity contribution in [3.8, 4) is 0 Å². The van der Waals surface area contributed by atoms with Crippen LogP contribution in [-0.4, -0.2) is 24.9 Å². The molecule has 0 radical (unpaired) electrons. The van der Waals surface area contributed by atoms with Crippen molar-refractivity contribution in [3.05, 3.63) is 0 Å². The van der Waals surface area contributed by atoms with Gasteiger partial charge in [0.05, 0.1) is 0 Å². The van der Waals surface area contributed by atoms with E-state index in [1.807, 2.05) is 0 Å². The van der Waals surface area contributed by atoms with E-state index in [0.29, 0.717) is 0 Å². The van der Waals surface area contributed by atoms with E-state index in [1.54, 1.807) is 0 Å². The van der Waals surface area contributed by atoms with Gasteiger partial charge in [-0.2, -0.15) is 0 Å². The van der Waals surface area contributed by atoms with E-state index in [4.69, 9.17) is 4.74 Å². The Balaban J connectivity index is 4.01. The summed E-state index contributed by atoms with van der Waals surface area (Å²) in [6.45, 7) is 4.39. The maximum absolute atomic E-state index is 12.7. The maximum atomic E-state index is 12.7. The van der Waals surface area contributed by atoms with Gasteiger partial charge in [-0.1, -0.05) is 0 Å². The molecule has 0 aromatic rings. The Morgan fingerprint density at radius 2 is 2.09 bits per heavy atom. The smallest absolute Gasteiger partial charge is 0.407 e. The van der Waals surface area contributed by atoms with Gasteiger partial charge in [0.15, 0.2) is 0 Å². The van der Waals surface area contributed by atoms with Crippen molar-refractivity contribution in [3.63, 3.8) is 0 Å². The summed E-state index contributed by atoms with van der Waals surface area (Å²) < 4.78 is 17.4. The van der Waals surface area contributed by atoms with E-state index in [-0.39, 0.29) is 0 Å². The quantitative estimate of drug-likeness (QED) is 0.669. The molecule has 0 aliphatic heterocycles. The first-order valence-electron chi connectivity index (χ1n) is 3.45. The normalized spacial score (nSPS) is 13.9. The van der Waals surface area contributed by atoms with Crippen molar-refractivity contribution in [2.24, 2.45) is 0 Å². The predicted molar refractivity (Wildman–Crippen MR) is 40.2 cm³/mol. The Labute approximate surface area is 65.9 Å². The van der Waals surface area contributed by atoms with Crippen molar-refractivity contribution in [1.82, 2.24) is 5.32 Å². The van der Waals surface area contributed by atoms with Crippen molar-refractivity contribution in [2.75, 3.05) is 7.05 Å². The Morgan fingerprint density at radius 1 is 1.64 bits per heavy atom. The minimum atomic E-state index is -1.18. The zero-order valence-electron chi connectivity index (χ0n) is 7.27. The first kappa shape index (κ1) is 10.2. The number of alkyl carbamates (subject to hydrolysis) is 1. The number of carbonyl (C=O) groups excluding carboxylic acids is 1. The van der Waals surface area contributed by atoms with Gasteiger partial charge < -0.3 is 10.1 Å². The van der Waals surface area contributed by atoms with Crippen molar-refractivity contribution < 1.29 is 13.9 Å². The second kappa shape index (κ2) is 3.55. The minimum absolute atomic E-state index is 0.612. The molecule has 0 bridgehead atoms. The van der Waals surface area contributed by atoms with Crippen LogP contribution in [0.1, 0.15) is 20.8 Å². The lowest BCUT2D eigenvalue weighted by molar-refractivity contribution is -0.0133. The molecule has 0 saturated heterocycles. The van der Waals surface area contributed by atoms with Crippen LogP contribution in [0, 0.1) is 0 Å². The largest absolute Gasteiger partial charge is 0.440 e. The van der Waals surface area contributed by atoms with Gasteiger partial charge in [-0.05, 0) is 20.8 Å². The number of carbonyl (C=O) groups is 1. The van der Waals surface area contributed by atoms with Crippen molar-refractivity contribution in [1.29, 1.82) is 0 Å². The average Bonchev–Trinajstić information content (AvgIpc) is 1.86. The monoisotopic (exact) mass is 163 g/mol. The highest BCUT2D eigenvalue weighted by Crippen LogP contribution is 2.17. The lowest BCUT2D eigenvalue weighted by Gasteiger charge is -2.25. The number of halogens is 1. The minimum Gasteiger partial charge on any atom is -0.440 e. The van der Waals surface area contributed by atoms with E-state index < -0.39 is 17.9 Å². The molecule has 0 aliphatic carbocycles. The molecule has 1 amide bonds. The molecule has 0 aliphatic rings. The Bertz CT molecular complexity index is 145. The molecule has 1 unspecified atom stereocenters. The molecule has 0 aromatic carbocycles. The molecule has 1 atom stereocenters.